The Kier molecular flexibility index (Phi) is 2.64. The van der Waals surface area contributed by atoms with E-state index in [0.717, 1.165) is 16.3 Å². The predicted molar refractivity (Wildman–Crippen MR) is 84.9 cm³/mol. The predicted octanol–water partition coefficient (Wildman–Crippen LogP) is 3.11. The van der Waals surface area contributed by atoms with Crippen LogP contribution in [-0.4, -0.2) is 6.61 Å². The zero-order valence-electron chi connectivity index (χ0n) is 12.3. The molecule has 0 unspecified atom stereocenters. The topological polar surface area (TPSA) is 56.5 Å². The number of hydrogen-bond donors (Lipinski definition) is 0. The number of benzene rings is 2. The molecule has 4 heteroatoms. The van der Waals surface area contributed by atoms with Crippen LogP contribution in [0.4, 0.5) is 0 Å². The maximum atomic E-state index is 12.8. The molecule has 0 saturated carbocycles. The van der Waals surface area contributed by atoms with Crippen LogP contribution in [0, 0.1) is 6.92 Å². The fourth-order valence-corrected chi connectivity index (χ4v) is 3.17. The number of rotatable bonds is 0. The first-order valence-corrected chi connectivity index (χ1v) is 7.24. The van der Waals surface area contributed by atoms with Gasteiger partial charge in [-0.2, -0.15) is 0 Å². The van der Waals surface area contributed by atoms with E-state index in [1.807, 2.05) is 38.1 Å². The van der Waals surface area contributed by atoms with Crippen LogP contribution in [0.25, 0.3) is 21.5 Å². The van der Waals surface area contributed by atoms with E-state index in [2.05, 4.69) is 0 Å². The standard InChI is InChI=1S/C18H14O4/c1-9-4-3-5-12-11(9)6-7-13-15(12)17(20)22-18-14(16(13)19)10(2)8-21-18/h3-7,10H,8H2,1-2H3/t10-/m1/s1. The zero-order valence-corrected chi connectivity index (χ0v) is 12.3. The first-order valence-electron chi connectivity index (χ1n) is 7.24. The molecule has 1 aliphatic rings. The van der Waals surface area contributed by atoms with Crippen molar-refractivity contribution in [3.05, 3.63) is 62.1 Å². The van der Waals surface area contributed by atoms with Gasteiger partial charge in [0.2, 0.25) is 0 Å². The summed E-state index contributed by atoms with van der Waals surface area (Å²) in [6, 6.07) is 9.30. The first kappa shape index (κ1) is 13.1. The highest BCUT2D eigenvalue weighted by atomic mass is 16.6. The lowest BCUT2D eigenvalue weighted by atomic mass is 9.98. The lowest BCUT2D eigenvalue weighted by molar-refractivity contribution is 0.257. The van der Waals surface area contributed by atoms with Crippen molar-refractivity contribution in [1.82, 2.24) is 0 Å². The average Bonchev–Trinajstić information content (AvgIpc) is 2.81. The van der Waals surface area contributed by atoms with Gasteiger partial charge in [0.1, 0.15) is 0 Å². The molecule has 1 aromatic heterocycles. The van der Waals surface area contributed by atoms with Crippen molar-refractivity contribution in [2.75, 3.05) is 6.61 Å². The summed E-state index contributed by atoms with van der Waals surface area (Å²) in [5.41, 5.74) is 0.803. The Morgan fingerprint density at radius 2 is 1.82 bits per heavy atom. The second-order valence-corrected chi connectivity index (χ2v) is 5.79. The van der Waals surface area contributed by atoms with Crippen LogP contribution in [0.1, 0.15) is 24.0 Å². The Bertz CT molecular complexity index is 1050. The van der Waals surface area contributed by atoms with Crippen LogP contribution in [0.15, 0.2) is 44.3 Å². The van der Waals surface area contributed by atoms with E-state index in [-0.39, 0.29) is 17.3 Å². The normalized spacial score (nSPS) is 16.7. The van der Waals surface area contributed by atoms with E-state index in [0.29, 0.717) is 22.9 Å². The molecule has 0 aliphatic carbocycles. The summed E-state index contributed by atoms with van der Waals surface area (Å²) in [7, 11) is 0. The van der Waals surface area contributed by atoms with Gasteiger partial charge >= 0.3 is 5.63 Å². The molecular formula is C18H14O4. The molecule has 0 amide bonds. The molecule has 0 spiro atoms. The molecular weight excluding hydrogens is 280 g/mol. The molecule has 3 aromatic rings. The van der Waals surface area contributed by atoms with Gasteiger partial charge in [0.25, 0.3) is 5.95 Å². The Morgan fingerprint density at radius 1 is 1.05 bits per heavy atom. The van der Waals surface area contributed by atoms with E-state index >= 15 is 0 Å². The van der Waals surface area contributed by atoms with Gasteiger partial charge in [0.05, 0.1) is 17.6 Å². The van der Waals surface area contributed by atoms with Gasteiger partial charge in [-0.1, -0.05) is 31.2 Å². The Labute approximate surface area is 126 Å². The minimum atomic E-state index is -0.529. The van der Waals surface area contributed by atoms with Crippen molar-refractivity contribution >= 4 is 21.5 Å². The second kappa shape index (κ2) is 4.44. The van der Waals surface area contributed by atoms with Gasteiger partial charge < -0.3 is 9.15 Å². The Balaban J connectivity index is 2.33. The van der Waals surface area contributed by atoms with Crippen molar-refractivity contribution < 1.29 is 9.15 Å². The van der Waals surface area contributed by atoms with Crippen LogP contribution in [0.2, 0.25) is 0 Å². The minimum absolute atomic E-state index is 0.0690. The summed E-state index contributed by atoms with van der Waals surface area (Å²) in [6.45, 7) is 4.23. The van der Waals surface area contributed by atoms with E-state index in [9.17, 15) is 9.59 Å². The number of hydrogen-bond acceptors (Lipinski definition) is 4. The maximum Gasteiger partial charge on any atom is 0.347 e. The SMILES string of the molecule is Cc1cccc2c1ccc1c(=O)c3c(oc(=O)c12)OC[C@H]3C. The van der Waals surface area contributed by atoms with Crippen LogP contribution in [0.5, 0.6) is 5.95 Å². The highest BCUT2D eigenvalue weighted by Crippen LogP contribution is 2.31. The second-order valence-electron chi connectivity index (χ2n) is 5.79. The third kappa shape index (κ3) is 1.64. The average molecular weight is 294 g/mol. The summed E-state index contributed by atoms with van der Waals surface area (Å²) in [4.78, 5) is 25.4. The molecule has 0 saturated heterocycles. The van der Waals surface area contributed by atoms with E-state index in [1.54, 1.807) is 6.07 Å². The molecule has 0 radical (unpaired) electrons. The molecule has 0 bridgehead atoms. The van der Waals surface area contributed by atoms with Crippen LogP contribution < -0.4 is 15.8 Å². The first-order chi connectivity index (χ1) is 10.6. The summed E-state index contributed by atoms with van der Waals surface area (Å²) >= 11 is 0. The number of aryl methyl sites for hydroxylation is 1. The van der Waals surface area contributed by atoms with Gasteiger partial charge in [-0.3, -0.25) is 4.79 Å². The van der Waals surface area contributed by atoms with Crippen LogP contribution in [0.3, 0.4) is 0 Å². The lowest BCUT2D eigenvalue weighted by Gasteiger charge is -2.03. The van der Waals surface area contributed by atoms with Crippen LogP contribution in [-0.2, 0) is 0 Å². The molecule has 4 rings (SSSR count). The highest BCUT2D eigenvalue weighted by molar-refractivity contribution is 6.07. The van der Waals surface area contributed by atoms with Gasteiger partial charge in [-0.25, -0.2) is 4.79 Å². The molecule has 0 fully saturated rings. The third-order valence-electron chi connectivity index (χ3n) is 4.34. The minimum Gasteiger partial charge on any atom is -0.464 e. The largest absolute Gasteiger partial charge is 0.464 e. The van der Waals surface area contributed by atoms with Crippen molar-refractivity contribution in [2.45, 2.75) is 19.8 Å². The van der Waals surface area contributed by atoms with Crippen molar-refractivity contribution in [3.8, 4) is 5.95 Å². The molecule has 4 nitrogen and oxygen atoms in total. The van der Waals surface area contributed by atoms with E-state index in [4.69, 9.17) is 9.15 Å². The quantitative estimate of drug-likeness (QED) is 0.639. The van der Waals surface area contributed by atoms with Gasteiger partial charge in [-0.05, 0) is 29.3 Å². The molecule has 2 heterocycles. The third-order valence-corrected chi connectivity index (χ3v) is 4.34. The molecule has 1 aliphatic heterocycles. The fraction of sp³-hybridized carbons (Fsp3) is 0.222. The fourth-order valence-electron chi connectivity index (χ4n) is 3.17. The summed E-state index contributed by atoms with van der Waals surface area (Å²) < 4.78 is 10.7. The van der Waals surface area contributed by atoms with Gasteiger partial charge in [0.15, 0.2) is 5.43 Å². The number of ether oxygens (including phenoxy) is 1. The van der Waals surface area contributed by atoms with E-state index < -0.39 is 5.63 Å². The van der Waals surface area contributed by atoms with Crippen molar-refractivity contribution in [2.24, 2.45) is 0 Å². The van der Waals surface area contributed by atoms with E-state index in [1.165, 1.54) is 0 Å². The molecule has 0 N–H and O–H groups in total. The van der Waals surface area contributed by atoms with Crippen molar-refractivity contribution in [3.63, 3.8) is 0 Å². The molecule has 110 valence electrons. The Hall–Kier alpha value is -2.62. The van der Waals surface area contributed by atoms with Crippen LogP contribution >= 0.6 is 0 Å². The smallest absolute Gasteiger partial charge is 0.347 e. The molecule has 2 aromatic carbocycles. The monoisotopic (exact) mass is 294 g/mol. The zero-order chi connectivity index (χ0) is 15.4. The summed E-state index contributed by atoms with van der Waals surface area (Å²) in [5, 5.41) is 2.41. The number of fused-ring (bicyclic) bond motifs is 4. The van der Waals surface area contributed by atoms with Gasteiger partial charge in [0, 0.05) is 11.3 Å². The van der Waals surface area contributed by atoms with Gasteiger partial charge in [-0.15, -0.1) is 0 Å². The summed E-state index contributed by atoms with van der Waals surface area (Å²) in [5.74, 6) is -0.00559. The molecule has 1 atom stereocenters. The highest BCUT2D eigenvalue weighted by Gasteiger charge is 2.27. The lowest BCUT2D eigenvalue weighted by Crippen LogP contribution is -2.09. The van der Waals surface area contributed by atoms with Crippen molar-refractivity contribution in [1.29, 1.82) is 0 Å². The summed E-state index contributed by atoms with van der Waals surface area (Å²) in [6.07, 6.45) is 0. The maximum absolute atomic E-state index is 12.8. The Morgan fingerprint density at radius 3 is 2.64 bits per heavy atom. The molecule has 22 heavy (non-hydrogen) atoms.